The number of carboxylic acids is 1. The van der Waals surface area contributed by atoms with Crippen LogP contribution in [0.5, 0.6) is 0 Å². The Bertz CT molecular complexity index is 437. The van der Waals surface area contributed by atoms with E-state index in [0.29, 0.717) is 11.6 Å². The molecule has 1 aromatic carbocycles. The molecule has 0 radical (unpaired) electrons. The predicted octanol–water partition coefficient (Wildman–Crippen LogP) is 2.93. The van der Waals surface area contributed by atoms with Gasteiger partial charge in [-0.25, -0.2) is 0 Å². The summed E-state index contributed by atoms with van der Waals surface area (Å²) in [5.41, 5.74) is 1.93. The SMILES string of the molecule is CC(C)Cc1ccc(NC(=O)CC(C)C(=O)O)cc1. The molecular weight excluding hydrogens is 242 g/mol. The van der Waals surface area contributed by atoms with Gasteiger partial charge in [0.2, 0.25) is 5.91 Å². The van der Waals surface area contributed by atoms with Crippen LogP contribution in [0.1, 0.15) is 32.8 Å². The van der Waals surface area contributed by atoms with Crippen molar-refractivity contribution < 1.29 is 14.7 Å². The minimum Gasteiger partial charge on any atom is -0.481 e. The molecule has 0 aliphatic rings. The van der Waals surface area contributed by atoms with Crippen molar-refractivity contribution in [1.29, 1.82) is 0 Å². The van der Waals surface area contributed by atoms with Gasteiger partial charge in [-0.05, 0) is 30.0 Å². The maximum Gasteiger partial charge on any atom is 0.306 e. The Morgan fingerprint density at radius 1 is 1.16 bits per heavy atom. The second kappa shape index (κ2) is 6.92. The first kappa shape index (κ1) is 15.2. The van der Waals surface area contributed by atoms with Gasteiger partial charge in [-0.1, -0.05) is 32.9 Å². The van der Waals surface area contributed by atoms with Crippen LogP contribution < -0.4 is 5.32 Å². The lowest BCUT2D eigenvalue weighted by Crippen LogP contribution is -2.19. The first-order valence-electron chi connectivity index (χ1n) is 6.50. The summed E-state index contributed by atoms with van der Waals surface area (Å²) in [4.78, 5) is 22.3. The van der Waals surface area contributed by atoms with Gasteiger partial charge in [-0.2, -0.15) is 0 Å². The molecule has 1 unspecified atom stereocenters. The van der Waals surface area contributed by atoms with Crippen LogP contribution in [0.3, 0.4) is 0 Å². The number of nitrogens with one attached hydrogen (secondary N) is 1. The highest BCUT2D eigenvalue weighted by Crippen LogP contribution is 2.14. The van der Waals surface area contributed by atoms with E-state index in [2.05, 4.69) is 19.2 Å². The van der Waals surface area contributed by atoms with Gasteiger partial charge < -0.3 is 10.4 Å². The van der Waals surface area contributed by atoms with E-state index in [1.54, 1.807) is 0 Å². The van der Waals surface area contributed by atoms with Crippen LogP contribution in [-0.2, 0) is 16.0 Å². The van der Waals surface area contributed by atoms with Crippen LogP contribution in [0, 0.1) is 11.8 Å². The van der Waals surface area contributed by atoms with E-state index in [4.69, 9.17) is 5.11 Å². The summed E-state index contributed by atoms with van der Waals surface area (Å²) in [5, 5.41) is 11.4. The Balaban J connectivity index is 2.53. The van der Waals surface area contributed by atoms with Gasteiger partial charge in [0.1, 0.15) is 0 Å². The van der Waals surface area contributed by atoms with Crippen molar-refractivity contribution in [3.05, 3.63) is 29.8 Å². The number of hydrogen-bond acceptors (Lipinski definition) is 2. The van der Waals surface area contributed by atoms with Crippen LogP contribution in [0.15, 0.2) is 24.3 Å². The van der Waals surface area contributed by atoms with Crippen molar-refractivity contribution in [3.63, 3.8) is 0 Å². The minimum absolute atomic E-state index is 0.0108. The lowest BCUT2D eigenvalue weighted by atomic mass is 10.0. The van der Waals surface area contributed by atoms with Gasteiger partial charge in [0.15, 0.2) is 0 Å². The molecule has 0 bridgehead atoms. The van der Waals surface area contributed by atoms with E-state index in [-0.39, 0.29) is 12.3 Å². The zero-order valence-corrected chi connectivity index (χ0v) is 11.6. The first-order chi connectivity index (χ1) is 8.88. The molecule has 1 rings (SSSR count). The molecule has 1 atom stereocenters. The highest BCUT2D eigenvalue weighted by molar-refractivity contribution is 5.92. The molecule has 1 aromatic rings. The summed E-state index contributed by atoms with van der Waals surface area (Å²) in [6.45, 7) is 5.83. The largest absolute Gasteiger partial charge is 0.481 e. The Morgan fingerprint density at radius 2 is 1.74 bits per heavy atom. The fraction of sp³-hybridized carbons (Fsp3) is 0.467. The average Bonchev–Trinajstić information content (AvgIpc) is 2.30. The maximum atomic E-state index is 11.6. The number of amides is 1. The number of benzene rings is 1. The summed E-state index contributed by atoms with van der Waals surface area (Å²) >= 11 is 0. The minimum atomic E-state index is -0.956. The molecule has 0 heterocycles. The van der Waals surface area contributed by atoms with E-state index in [1.165, 1.54) is 12.5 Å². The lowest BCUT2D eigenvalue weighted by Gasteiger charge is -2.09. The Kier molecular flexibility index (Phi) is 5.55. The summed E-state index contributed by atoms with van der Waals surface area (Å²) in [7, 11) is 0. The van der Waals surface area contributed by atoms with Gasteiger partial charge in [-0.3, -0.25) is 9.59 Å². The van der Waals surface area contributed by atoms with Gasteiger partial charge in [0, 0.05) is 12.1 Å². The van der Waals surface area contributed by atoms with Gasteiger partial charge in [0.25, 0.3) is 0 Å². The molecule has 104 valence electrons. The van der Waals surface area contributed by atoms with E-state index in [1.807, 2.05) is 24.3 Å². The second-order valence-corrected chi connectivity index (χ2v) is 5.29. The van der Waals surface area contributed by atoms with E-state index < -0.39 is 11.9 Å². The number of aliphatic carboxylic acids is 1. The van der Waals surface area contributed by atoms with E-state index in [9.17, 15) is 9.59 Å². The van der Waals surface area contributed by atoms with Crippen LogP contribution in [0.25, 0.3) is 0 Å². The third-order valence-corrected chi connectivity index (χ3v) is 2.79. The van der Waals surface area contributed by atoms with Crippen molar-refractivity contribution in [2.45, 2.75) is 33.6 Å². The number of anilines is 1. The number of hydrogen-bond donors (Lipinski definition) is 2. The third kappa shape index (κ3) is 5.55. The van der Waals surface area contributed by atoms with Gasteiger partial charge >= 0.3 is 5.97 Å². The highest BCUT2D eigenvalue weighted by Gasteiger charge is 2.15. The number of carbonyl (C=O) groups excluding carboxylic acids is 1. The molecular formula is C15H21NO3. The molecule has 4 heteroatoms. The standard InChI is InChI=1S/C15H21NO3/c1-10(2)8-12-4-6-13(7-5-12)16-14(17)9-11(3)15(18)19/h4-7,10-11H,8-9H2,1-3H3,(H,16,17)(H,18,19). The second-order valence-electron chi connectivity index (χ2n) is 5.29. The van der Waals surface area contributed by atoms with Crippen LogP contribution in [-0.4, -0.2) is 17.0 Å². The van der Waals surface area contributed by atoms with Crippen molar-refractivity contribution >= 4 is 17.6 Å². The van der Waals surface area contributed by atoms with E-state index in [0.717, 1.165) is 6.42 Å². The Hall–Kier alpha value is -1.84. The third-order valence-electron chi connectivity index (χ3n) is 2.79. The lowest BCUT2D eigenvalue weighted by molar-refractivity contribution is -0.142. The molecule has 4 nitrogen and oxygen atoms in total. The molecule has 0 saturated heterocycles. The zero-order chi connectivity index (χ0) is 14.4. The smallest absolute Gasteiger partial charge is 0.306 e. The quantitative estimate of drug-likeness (QED) is 0.829. The van der Waals surface area contributed by atoms with Crippen molar-refractivity contribution in [2.24, 2.45) is 11.8 Å². The fourth-order valence-corrected chi connectivity index (χ4v) is 1.77. The molecule has 0 saturated carbocycles. The maximum absolute atomic E-state index is 11.6. The van der Waals surface area contributed by atoms with Crippen LogP contribution in [0.2, 0.25) is 0 Å². The molecule has 19 heavy (non-hydrogen) atoms. The van der Waals surface area contributed by atoms with Crippen molar-refractivity contribution in [2.75, 3.05) is 5.32 Å². The summed E-state index contributed by atoms with van der Waals surface area (Å²) in [6, 6.07) is 7.66. The zero-order valence-electron chi connectivity index (χ0n) is 11.6. The molecule has 0 aliphatic carbocycles. The van der Waals surface area contributed by atoms with Crippen molar-refractivity contribution in [1.82, 2.24) is 0 Å². The summed E-state index contributed by atoms with van der Waals surface area (Å²) in [5.74, 6) is -1.30. The summed E-state index contributed by atoms with van der Waals surface area (Å²) in [6.07, 6.45) is 0.993. The number of carbonyl (C=O) groups is 2. The molecule has 0 spiro atoms. The fourth-order valence-electron chi connectivity index (χ4n) is 1.77. The highest BCUT2D eigenvalue weighted by atomic mass is 16.4. The van der Waals surface area contributed by atoms with Crippen molar-refractivity contribution in [3.8, 4) is 0 Å². The average molecular weight is 263 g/mol. The molecule has 0 fully saturated rings. The number of rotatable bonds is 6. The molecule has 2 N–H and O–H groups in total. The topological polar surface area (TPSA) is 66.4 Å². The van der Waals surface area contributed by atoms with Gasteiger partial charge in [0.05, 0.1) is 5.92 Å². The predicted molar refractivity (Wildman–Crippen MR) is 75.0 cm³/mol. The number of carboxylic acid groups (broad SMARTS) is 1. The summed E-state index contributed by atoms with van der Waals surface area (Å²) < 4.78 is 0. The Labute approximate surface area is 113 Å². The Morgan fingerprint density at radius 3 is 2.21 bits per heavy atom. The monoisotopic (exact) mass is 263 g/mol. The van der Waals surface area contributed by atoms with Gasteiger partial charge in [-0.15, -0.1) is 0 Å². The molecule has 1 amide bonds. The van der Waals surface area contributed by atoms with E-state index >= 15 is 0 Å². The molecule has 0 aliphatic heterocycles. The normalized spacial score (nSPS) is 12.2. The van der Waals surface area contributed by atoms with Crippen LogP contribution >= 0.6 is 0 Å². The van der Waals surface area contributed by atoms with Crippen LogP contribution in [0.4, 0.5) is 5.69 Å². The molecule has 0 aromatic heterocycles. The first-order valence-corrected chi connectivity index (χ1v) is 6.50.